The number of benzene rings is 2. The maximum absolute atomic E-state index is 12.9. The molecular formula is C22H23N3O2S. The third-order valence-electron chi connectivity index (χ3n) is 4.88. The highest BCUT2D eigenvalue weighted by Gasteiger charge is 2.31. The number of amidine groups is 1. The Kier molecular flexibility index (Phi) is 5.50. The Balaban J connectivity index is 1.68. The topological polar surface area (TPSA) is 45.1 Å². The zero-order valence-electron chi connectivity index (χ0n) is 16.1. The molecule has 1 saturated heterocycles. The first-order valence-corrected chi connectivity index (χ1v) is 10.2. The normalized spacial score (nSPS) is 18.9. The molecule has 0 N–H and O–H groups in total. The number of anilines is 1. The van der Waals surface area contributed by atoms with Gasteiger partial charge >= 0.3 is 0 Å². The van der Waals surface area contributed by atoms with E-state index in [0.29, 0.717) is 23.3 Å². The van der Waals surface area contributed by atoms with Crippen LogP contribution in [-0.2, 0) is 9.53 Å². The fourth-order valence-corrected chi connectivity index (χ4v) is 4.34. The number of ether oxygens (including phenoxy) is 1. The van der Waals surface area contributed by atoms with Crippen molar-refractivity contribution in [2.45, 2.75) is 6.92 Å². The first-order valence-electron chi connectivity index (χ1n) is 9.37. The fourth-order valence-electron chi connectivity index (χ4n) is 3.31. The number of hydrogen-bond donors (Lipinski definition) is 0. The van der Waals surface area contributed by atoms with E-state index in [9.17, 15) is 4.79 Å². The molecule has 0 spiro atoms. The third kappa shape index (κ3) is 3.84. The van der Waals surface area contributed by atoms with Gasteiger partial charge in [0.15, 0.2) is 5.17 Å². The van der Waals surface area contributed by atoms with Gasteiger partial charge in [-0.15, -0.1) is 0 Å². The first-order chi connectivity index (χ1) is 13.6. The molecule has 2 aliphatic heterocycles. The second-order valence-corrected chi connectivity index (χ2v) is 7.82. The Morgan fingerprint density at radius 3 is 2.43 bits per heavy atom. The molecule has 0 atom stereocenters. The monoisotopic (exact) mass is 393 g/mol. The minimum absolute atomic E-state index is 0.177. The van der Waals surface area contributed by atoms with Crippen LogP contribution in [-0.4, -0.2) is 49.3 Å². The summed E-state index contributed by atoms with van der Waals surface area (Å²) < 4.78 is 5.51. The molecule has 0 aliphatic carbocycles. The molecule has 28 heavy (non-hydrogen) atoms. The van der Waals surface area contributed by atoms with Crippen LogP contribution in [0.4, 0.5) is 5.69 Å². The van der Waals surface area contributed by atoms with Crippen LogP contribution in [0.25, 0.3) is 5.70 Å². The quantitative estimate of drug-likeness (QED) is 0.743. The van der Waals surface area contributed by atoms with Gasteiger partial charge in [-0.2, -0.15) is 4.99 Å². The number of amides is 1. The highest BCUT2D eigenvalue weighted by Crippen LogP contribution is 2.37. The van der Waals surface area contributed by atoms with Crippen molar-refractivity contribution in [3.05, 3.63) is 70.6 Å². The maximum atomic E-state index is 12.9. The molecule has 5 nitrogen and oxygen atoms in total. The highest BCUT2D eigenvalue weighted by atomic mass is 32.2. The largest absolute Gasteiger partial charge is 0.378 e. The highest BCUT2D eigenvalue weighted by molar-refractivity contribution is 8.18. The molecule has 2 aromatic rings. The minimum Gasteiger partial charge on any atom is -0.378 e. The van der Waals surface area contributed by atoms with E-state index in [-0.39, 0.29) is 5.91 Å². The van der Waals surface area contributed by atoms with E-state index in [1.165, 1.54) is 17.3 Å². The third-order valence-corrected chi connectivity index (χ3v) is 6.00. The van der Waals surface area contributed by atoms with Crippen molar-refractivity contribution in [1.82, 2.24) is 4.90 Å². The summed E-state index contributed by atoms with van der Waals surface area (Å²) in [7, 11) is 1.95. The molecule has 2 aliphatic rings. The second kappa shape index (κ2) is 8.20. The standard InChI is InChI=1S/C22H23N3O2S/c1-16-8-10-18(11-9-16)24(2)22-23-21(26)20(28-22)19(17-6-4-3-5-7-17)25-12-14-27-15-13-25/h3-11H,12-15H2,1-2H3. The van der Waals surface area contributed by atoms with Crippen molar-refractivity contribution >= 4 is 34.2 Å². The number of hydrogen-bond acceptors (Lipinski definition) is 5. The van der Waals surface area contributed by atoms with E-state index < -0.39 is 0 Å². The number of thioether (sulfide) groups is 1. The molecule has 0 saturated carbocycles. The Morgan fingerprint density at radius 2 is 1.75 bits per heavy atom. The molecule has 0 bridgehead atoms. The van der Waals surface area contributed by atoms with E-state index in [2.05, 4.69) is 28.9 Å². The molecule has 1 fully saturated rings. The summed E-state index contributed by atoms with van der Waals surface area (Å²) in [5, 5.41) is 0.700. The van der Waals surface area contributed by atoms with Gasteiger partial charge in [-0.05, 0) is 36.4 Å². The van der Waals surface area contributed by atoms with Gasteiger partial charge in [0, 0.05) is 25.8 Å². The molecule has 0 radical (unpaired) electrons. The summed E-state index contributed by atoms with van der Waals surface area (Å²) in [5.41, 5.74) is 4.21. The zero-order valence-corrected chi connectivity index (χ0v) is 16.9. The lowest BCUT2D eigenvalue weighted by molar-refractivity contribution is -0.113. The first kappa shape index (κ1) is 18.8. The molecule has 2 heterocycles. The SMILES string of the molecule is Cc1ccc(N(C)C2=NC(=O)C(=C(c3ccccc3)N3CCOCC3)S2)cc1. The number of nitrogens with zero attached hydrogens (tertiary/aromatic N) is 3. The Morgan fingerprint density at radius 1 is 1.07 bits per heavy atom. The predicted molar refractivity (Wildman–Crippen MR) is 115 cm³/mol. The van der Waals surface area contributed by atoms with Gasteiger partial charge in [0.1, 0.15) is 4.91 Å². The molecule has 144 valence electrons. The van der Waals surface area contributed by atoms with Crippen LogP contribution < -0.4 is 4.90 Å². The van der Waals surface area contributed by atoms with Crippen LogP contribution in [0.3, 0.4) is 0 Å². The number of morpholine rings is 1. The summed E-state index contributed by atoms with van der Waals surface area (Å²) in [5.74, 6) is -0.177. The van der Waals surface area contributed by atoms with Crippen LogP contribution >= 0.6 is 11.8 Å². The van der Waals surface area contributed by atoms with Crippen LogP contribution in [0.5, 0.6) is 0 Å². The van der Waals surface area contributed by atoms with Crippen LogP contribution in [0, 0.1) is 6.92 Å². The van der Waals surface area contributed by atoms with Crippen molar-refractivity contribution < 1.29 is 9.53 Å². The summed E-state index contributed by atoms with van der Waals surface area (Å²) in [6.45, 7) is 4.93. The number of carbonyl (C=O) groups excluding carboxylic acids is 1. The van der Waals surface area contributed by atoms with E-state index in [1.54, 1.807) is 0 Å². The van der Waals surface area contributed by atoms with E-state index in [1.807, 2.05) is 54.4 Å². The number of rotatable bonds is 3. The van der Waals surface area contributed by atoms with Crippen LogP contribution in [0.1, 0.15) is 11.1 Å². The smallest absolute Gasteiger partial charge is 0.288 e. The van der Waals surface area contributed by atoms with Gasteiger partial charge in [-0.1, -0.05) is 48.0 Å². The summed E-state index contributed by atoms with van der Waals surface area (Å²) in [6, 6.07) is 18.3. The Labute approximate surface area is 169 Å². The molecule has 6 heteroatoms. The lowest BCUT2D eigenvalue weighted by Crippen LogP contribution is -2.35. The summed E-state index contributed by atoms with van der Waals surface area (Å²) in [6.07, 6.45) is 0. The average molecular weight is 394 g/mol. The van der Waals surface area contributed by atoms with Gasteiger partial charge in [-0.25, -0.2) is 0 Å². The average Bonchev–Trinajstić information content (AvgIpc) is 3.11. The number of carbonyl (C=O) groups is 1. The molecule has 2 aromatic carbocycles. The summed E-state index contributed by atoms with van der Waals surface area (Å²) >= 11 is 1.45. The van der Waals surface area contributed by atoms with Gasteiger partial charge < -0.3 is 14.5 Å². The number of aliphatic imine (C=N–C) groups is 1. The zero-order chi connectivity index (χ0) is 19.5. The van der Waals surface area contributed by atoms with Gasteiger partial charge in [-0.3, -0.25) is 4.79 Å². The van der Waals surface area contributed by atoms with Crippen molar-refractivity contribution in [2.75, 3.05) is 38.3 Å². The van der Waals surface area contributed by atoms with Crippen LogP contribution in [0.2, 0.25) is 0 Å². The summed E-state index contributed by atoms with van der Waals surface area (Å²) in [4.78, 5) is 22.1. The van der Waals surface area contributed by atoms with Gasteiger partial charge in [0.2, 0.25) is 0 Å². The maximum Gasteiger partial charge on any atom is 0.288 e. The second-order valence-electron chi connectivity index (χ2n) is 6.84. The van der Waals surface area contributed by atoms with E-state index in [4.69, 9.17) is 4.74 Å². The van der Waals surface area contributed by atoms with Gasteiger partial charge in [0.05, 0.1) is 18.9 Å². The number of aryl methyl sites for hydroxylation is 1. The van der Waals surface area contributed by atoms with E-state index >= 15 is 0 Å². The predicted octanol–water partition coefficient (Wildman–Crippen LogP) is 3.76. The van der Waals surface area contributed by atoms with Crippen molar-refractivity contribution in [3.63, 3.8) is 0 Å². The Hall–Kier alpha value is -2.57. The lowest BCUT2D eigenvalue weighted by atomic mass is 10.1. The molecule has 0 aromatic heterocycles. The lowest BCUT2D eigenvalue weighted by Gasteiger charge is -2.32. The van der Waals surface area contributed by atoms with Crippen molar-refractivity contribution in [2.24, 2.45) is 4.99 Å². The molecule has 0 unspecified atom stereocenters. The van der Waals surface area contributed by atoms with E-state index in [0.717, 1.165) is 30.0 Å². The van der Waals surface area contributed by atoms with Crippen molar-refractivity contribution in [1.29, 1.82) is 0 Å². The molecule has 1 amide bonds. The van der Waals surface area contributed by atoms with Crippen molar-refractivity contribution in [3.8, 4) is 0 Å². The fraction of sp³-hybridized carbons (Fsp3) is 0.273. The molecule has 4 rings (SSSR count). The minimum atomic E-state index is -0.177. The van der Waals surface area contributed by atoms with Crippen LogP contribution in [0.15, 0.2) is 64.5 Å². The Bertz CT molecular complexity index is 917. The van der Waals surface area contributed by atoms with Gasteiger partial charge in [0.25, 0.3) is 5.91 Å². The molecular weight excluding hydrogens is 370 g/mol.